The van der Waals surface area contributed by atoms with Crippen LogP contribution in [-0.2, 0) is 15.1 Å². The number of carbonyl (C=O) groups excluding carboxylic acids is 3. The number of anilines is 1. The van der Waals surface area contributed by atoms with Crippen LogP contribution in [0.25, 0.3) is 0 Å². The van der Waals surface area contributed by atoms with Gasteiger partial charge in [0, 0.05) is 31.9 Å². The summed E-state index contributed by atoms with van der Waals surface area (Å²) in [4.78, 5) is 45.0. The standard InChI is InChI=1S/C28H28N4O3/c1-21-9-8-14-24(19-21)30-15-17-31(18-16-30)25(33)20-32-26(34)28(29-27(32)35,22-10-4-2-5-11-22)23-12-6-3-7-13-23/h2-14,19H,15-18,20H2,1H3,(H,29,35). The summed E-state index contributed by atoms with van der Waals surface area (Å²) in [5.41, 5.74) is 2.29. The first-order chi connectivity index (χ1) is 17.0. The van der Waals surface area contributed by atoms with Crippen LogP contribution in [0, 0.1) is 6.92 Å². The molecule has 2 fully saturated rings. The molecule has 1 N–H and O–H groups in total. The van der Waals surface area contributed by atoms with E-state index in [1.165, 1.54) is 5.56 Å². The van der Waals surface area contributed by atoms with Crippen LogP contribution in [0.4, 0.5) is 10.5 Å². The maximum absolute atomic E-state index is 13.8. The number of hydrogen-bond acceptors (Lipinski definition) is 4. The van der Waals surface area contributed by atoms with Gasteiger partial charge in [0.25, 0.3) is 5.91 Å². The second-order valence-corrected chi connectivity index (χ2v) is 9.01. The van der Waals surface area contributed by atoms with Crippen molar-refractivity contribution in [2.24, 2.45) is 0 Å². The second kappa shape index (κ2) is 9.25. The monoisotopic (exact) mass is 468 g/mol. The first-order valence-electron chi connectivity index (χ1n) is 11.8. The molecule has 0 aromatic heterocycles. The molecule has 2 aliphatic rings. The van der Waals surface area contributed by atoms with Gasteiger partial charge in [-0.25, -0.2) is 4.79 Å². The third-order valence-corrected chi connectivity index (χ3v) is 6.81. The van der Waals surface area contributed by atoms with Crippen molar-refractivity contribution in [1.29, 1.82) is 0 Å². The van der Waals surface area contributed by atoms with Crippen molar-refractivity contribution in [3.8, 4) is 0 Å². The van der Waals surface area contributed by atoms with E-state index >= 15 is 0 Å². The van der Waals surface area contributed by atoms with E-state index in [4.69, 9.17) is 0 Å². The van der Waals surface area contributed by atoms with Crippen LogP contribution >= 0.6 is 0 Å². The molecule has 0 atom stereocenters. The molecular weight excluding hydrogens is 440 g/mol. The molecule has 0 saturated carbocycles. The van der Waals surface area contributed by atoms with Crippen molar-refractivity contribution in [3.63, 3.8) is 0 Å². The SMILES string of the molecule is Cc1cccc(N2CCN(C(=O)CN3C(=O)NC(c4ccccc4)(c4ccccc4)C3=O)CC2)c1. The van der Waals surface area contributed by atoms with Crippen molar-refractivity contribution in [1.82, 2.24) is 15.1 Å². The lowest BCUT2D eigenvalue weighted by atomic mass is 9.82. The number of urea groups is 1. The van der Waals surface area contributed by atoms with Gasteiger partial charge in [-0.15, -0.1) is 0 Å². The van der Waals surface area contributed by atoms with E-state index in [2.05, 4.69) is 35.3 Å². The van der Waals surface area contributed by atoms with Crippen molar-refractivity contribution >= 4 is 23.5 Å². The molecule has 35 heavy (non-hydrogen) atoms. The number of benzene rings is 3. The molecule has 7 heteroatoms. The average Bonchev–Trinajstić information content (AvgIpc) is 3.15. The summed E-state index contributed by atoms with van der Waals surface area (Å²) in [5, 5.41) is 2.90. The largest absolute Gasteiger partial charge is 0.368 e. The lowest BCUT2D eigenvalue weighted by molar-refractivity contribution is -0.138. The van der Waals surface area contributed by atoms with E-state index in [9.17, 15) is 14.4 Å². The van der Waals surface area contributed by atoms with Crippen LogP contribution in [-0.4, -0.2) is 60.4 Å². The Morgan fingerprint density at radius 2 is 1.43 bits per heavy atom. The topological polar surface area (TPSA) is 73.0 Å². The first-order valence-corrected chi connectivity index (χ1v) is 11.8. The average molecular weight is 469 g/mol. The Labute approximate surface area is 204 Å². The summed E-state index contributed by atoms with van der Waals surface area (Å²) in [7, 11) is 0. The Morgan fingerprint density at radius 3 is 2.00 bits per heavy atom. The number of imide groups is 1. The van der Waals surface area contributed by atoms with Crippen LogP contribution in [0.15, 0.2) is 84.9 Å². The summed E-state index contributed by atoms with van der Waals surface area (Å²) < 4.78 is 0. The highest BCUT2D eigenvalue weighted by Crippen LogP contribution is 2.36. The van der Waals surface area contributed by atoms with Crippen LogP contribution in [0.1, 0.15) is 16.7 Å². The Hall–Kier alpha value is -4.13. The van der Waals surface area contributed by atoms with E-state index in [1.54, 1.807) is 4.90 Å². The van der Waals surface area contributed by atoms with Gasteiger partial charge >= 0.3 is 6.03 Å². The van der Waals surface area contributed by atoms with E-state index in [1.807, 2.05) is 66.7 Å². The number of carbonyl (C=O) groups is 3. The molecule has 2 saturated heterocycles. The maximum Gasteiger partial charge on any atom is 0.326 e. The number of amides is 4. The number of aryl methyl sites for hydroxylation is 1. The zero-order valence-corrected chi connectivity index (χ0v) is 19.7. The lowest BCUT2D eigenvalue weighted by Crippen LogP contribution is -2.52. The molecule has 0 spiro atoms. The zero-order valence-electron chi connectivity index (χ0n) is 19.7. The highest BCUT2D eigenvalue weighted by molar-refractivity contribution is 6.11. The minimum Gasteiger partial charge on any atom is -0.368 e. The van der Waals surface area contributed by atoms with Gasteiger partial charge in [0.2, 0.25) is 5.91 Å². The quantitative estimate of drug-likeness (QED) is 0.584. The smallest absolute Gasteiger partial charge is 0.326 e. The van der Waals surface area contributed by atoms with Gasteiger partial charge in [-0.3, -0.25) is 14.5 Å². The fourth-order valence-electron chi connectivity index (χ4n) is 4.93. The zero-order chi connectivity index (χ0) is 24.4. The Balaban J connectivity index is 1.32. The predicted octanol–water partition coefficient (Wildman–Crippen LogP) is 3.14. The molecule has 5 rings (SSSR count). The maximum atomic E-state index is 13.8. The molecule has 3 aromatic carbocycles. The summed E-state index contributed by atoms with van der Waals surface area (Å²) >= 11 is 0. The van der Waals surface area contributed by atoms with Crippen LogP contribution in [0.2, 0.25) is 0 Å². The number of hydrogen-bond donors (Lipinski definition) is 1. The van der Waals surface area contributed by atoms with Gasteiger partial charge in [-0.05, 0) is 35.7 Å². The molecule has 7 nitrogen and oxygen atoms in total. The number of rotatable bonds is 5. The highest BCUT2D eigenvalue weighted by Gasteiger charge is 2.54. The van der Waals surface area contributed by atoms with Crippen LogP contribution in [0.5, 0.6) is 0 Å². The van der Waals surface area contributed by atoms with Crippen molar-refractivity contribution in [2.75, 3.05) is 37.6 Å². The molecule has 0 aliphatic carbocycles. The summed E-state index contributed by atoms with van der Waals surface area (Å²) in [5.74, 6) is -0.666. The summed E-state index contributed by atoms with van der Waals surface area (Å²) in [6.45, 7) is 4.27. The number of piperazine rings is 1. The van der Waals surface area contributed by atoms with Crippen molar-refractivity contribution < 1.29 is 14.4 Å². The highest BCUT2D eigenvalue weighted by atomic mass is 16.2. The summed E-state index contributed by atoms with van der Waals surface area (Å²) in [6, 6.07) is 26.1. The molecule has 0 bridgehead atoms. The number of nitrogens with zero attached hydrogens (tertiary/aromatic N) is 3. The van der Waals surface area contributed by atoms with E-state index in [0.29, 0.717) is 37.3 Å². The molecular formula is C28H28N4O3. The molecule has 0 radical (unpaired) electrons. The minimum absolute atomic E-state index is 0.227. The fourth-order valence-corrected chi connectivity index (χ4v) is 4.93. The van der Waals surface area contributed by atoms with Gasteiger partial charge in [-0.2, -0.15) is 0 Å². The first kappa shape index (κ1) is 22.7. The van der Waals surface area contributed by atoms with Gasteiger partial charge in [0.15, 0.2) is 5.54 Å². The van der Waals surface area contributed by atoms with Gasteiger partial charge in [0.05, 0.1) is 0 Å². The van der Waals surface area contributed by atoms with Gasteiger partial charge in [0.1, 0.15) is 6.54 Å². The van der Waals surface area contributed by atoms with E-state index in [0.717, 1.165) is 10.6 Å². The van der Waals surface area contributed by atoms with Crippen LogP contribution < -0.4 is 10.2 Å². The minimum atomic E-state index is -1.36. The van der Waals surface area contributed by atoms with E-state index in [-0.39, 0.29) is 12.5 Å². The fraction of sp³-hybridized carbons (Fsp3) is 0.250. The van der Waals surface area contributed by atoms with Crippen LogP contribution in [0.3, 0.4) is 0 Å². The predicted molar refractivity (Wildman–Crippen MR) is 134 cm³/mol. The molecule has 4 amide bonds. The Bertz CT molecular complexity index is 1200. The molecule has 3 aromatic rings. The van der Waals surface area contributed by atoms with Gasteiger partial charge < -0.3 is 15.1 Å². The third kappa shape index (κ3) is 4.14. The normalized spacial score (nSPS) is 17.5. The van der Waals surface area contributed by atoms with Crippen molar-refractivity contribution in [2.45, 2.75) is 12.5 Å². The molecule has 2 heterocycles. The molecule has 178 valence electrons. The van der Waals surface area contributed by atoms with Gasteiger partial charge in [-0.1, -0.05) is 72.8 Å². The molecule has 2 aliphatic heterocycles. The Kier molecular flexibility index (Phi) is 5.99. The summed E-state index contributed by atoms with van der Waals surface area (Å²) in [6.07, 6.45) is 0. The third-order valence-electron chi connectivity index (χ3n) is 6.81. The Morgan fingerprint density at radius 1 is 0.829 bits per heavy atom. The lowest BCUT2D eigenvalue weighted by Gasteiger charge is -2.36. The van der Waals surface area contributed by atoms with E-state index < -0.39 is 17.5 Å². The molecule has 0 unspecified atom stereocenters. The second-order valence-electron chi connectivity index (χ2n) is 9.01. The van der Waals surface area contributed by atoms with Crippen molar-refractivity contribution in [3.05, 3.63) is 102 Å². The number of nitrogens with one attached hydrogen (secondary N) is 1.